The third kappa shape index (κ3) is 4.51. The molecule has 0 amide bonds. The van der Waals surface area contributed by atoms with Crippen LogP contribution in [0.5, 0.6) is 0 Å². The molecule has 0 radical (unpaired) electrons. The van der Waals surface area contributed by atoms with Crippen LogP contribution in [-0.4, -0.2) is 42.0 Å². The summed E-state index contributed by atoms with van der Waals surface area (Å²) in [5.74, 6) is 0. The van der Waals surface area contributed by atoms with E-state index < -0.39 is 0 Å². The molecule has 1 heterocycles. The van der Waals surface area contributed by atoms with Crippen LogP contribution >= 0.6 is 0 Å². The van der Waals surface area contributed by atoms with E-state index in [1.165, 1.54) is 38.0 Å². The second kappa shape index (κ2) is 6.92. The molecule has 106 valence electrons. The Bertz CT molecular complexity index is 383. The monoisotopic (exact) mass is 261 g/mol. The van der Waals surface area contributed by atoms with E-state index in [2.05, 4.69) is 35.8 Å². The molecule has 0 saturated carbocycles. The Morgan fingerprint density at radius 2 is 2.00 bits per heavy atom. The lowest BCUT2D eigenvalue weighted by Gasteiger charge is -2.28. The molecule has 1 aromatic carbocycles. The lowest BCUT2D eigenvalue weighted by Crippen LogP contribution is -2.37. The summed E-state index contributed by atoms with van der Waals surface area (Å²) < 4.78 is 0. The molecule has 0 aliphatic carbocycles. The van der Waals surface area contributed by atoms with E-state index in [1.54, 1.807) is 0 Å². The lowest BCUT2D eigenvalue weighted by atomic mass is 10.1. The minimum atomic E-state index is 0.573. The van der Waals surface area contributed by atoms with Gasteiger partial charge in [0, 0.05) is 31.4 Å². The fourth-order valence-electron chi connectivity index (χ4n) is 2.72. The maximum atomic E-state index is 5.86. The van der Waals surface area contributed by atoms with Crippen LogP contribution in [-0.2, 0) is 6.54 Å². The van der Waals surface area contributed by atoms with Crippen LogP contribution in [0.2, 0.25) is 0 Å². The van der Waals surface area contributed by atoms with Gasteiger partial charge in [-0.25, -0.2) is 0 Å². The Labute approximate surface area is 117 Å². The first-order chi connectivity index (χ1) is 9.15. The summed E-state index contributed by atoms with van der Waals surface area (Å²) in [6, 6.07) is 8.83. The van der Waals surface area contributed by atoms with E-state index in [1.807, 2.05) is 12.1 Å². The van der Waals surface area contributed by atoms with Crippen molar-refractivity contribution < 1.29 is 0 Å². The molecular weight excluding hydrogens is 234 g/mol. The Balaban J connectivity index is 1.88. The van der Waals surface area contributed by atoms with Gasteiger partial charge in [0.2, 0.25) is 0 Å². The van der Waals surface area contributed by atoms with Crippen LogP contribution in [0, 0.1) is 0 Å². The molecule has 0 aromatic heterocycles. The van der Waals surface area contributed by atoms with Crippen LogP contribution in [0.25, 0.3) is 0 Å². The molecule has 1 aliphatic heterocycles. The van der Waals surface area contributed by atoms with Crippen molar-refractivity contribution in [2.45, 2.75) is 39.3 Å². The molecule has 0 bridgehead atoms. The normalized spacial score (nSPS) is 16.6. The van der Waals surface area contributed by atoms with E-state index >= 15 is 0 Å². The number of nitrogens with two attached hydrogens (primary N) is 1. The van der Waals surface area contributed by atoms with Crippen molar-refractivity contribution in [3.05, 3.63) is 29.8 Å². The van der Waals surface area contributed by atoms with Crippen molar-refractivity contribution in [2.75, 3.05) is 31.9 Å². The zero-order valence-corrected chi connectivity index (χ0v) is 12.3. The number of hydrogen-bond donors (Lipinski definition) is 1. The summed E-state index contributed by atoms with van der Waals surface area (Å²) in [4.78, 5) is 5.11. The van der Waals surface area contributed by atoms with Crippen molar-refractivity contribution in [3.63, 3.8) is 0 Å². The number of rotatable bonds is 6. The number of benzene rings is 1. The maximum Gasteiger partial charge on any atom is 0.0317 e. The van der Waals surface area contributed by atoms with E-state index in [4.69, 9.17) is 5.73 Å². The first-order valence-electron chi connectivity index (χ1n) is 7.46. The zero-order valence-electron chi connectivity index (χ0n) is 12.3. The van der Waals surface area contributed by atoms with Crippen LogP contribution in [0.1, 0.15) is 32.3 Å². The van der Waals surface area contributed by atoms with Gasteiger partial charge in [-0.05, 0) is 57.5 Å². The molecule has 0 spiro atoms. The van der Waals surface area contributed by atoms with Crippen LogP contribution in [0.15, 0.2) is 24.3 Å². The van der Waals surface area contributed by atoms with Crippen LogP contribution in [0.4, 0.5) is 5.69 Å². The van der Waals surface area contributed by atoms with Crippen LogP contribution < -0.4 is 5.73 Å². The Morgan fingerprint density at radius 1 is 1.26 bits per heavy atom. The smallest absolute Gasteiger partial charge is 0.0317 e. The fraction of sp³-hybridized carbons (Fsp3) is 0.625. The van der Waals surface area contributed by atoms with Gasteiger partial charge in [0.1, 0.15) is 0 Å². The second-order valence-corrected chi connectivity index (χ2v) is 5.86. The summed E-state index contributed by atoms with van der Waals surface area (Å²) in [6.07, 6.45) is 2.74. The molecule has 2 rings (SSSR count). The maximum absolute atomic E-state index is 5.86. The summed E-state index contributed by atoms with van der Waals surface area (Å²) in [7, 11) is 0. The summed E-state index contributed by atoms with van der Waals surface area (Å²) in [6.45, 7) is 10.4. The van der Waals surface area contributed by atoms with Gasteiger partial charge in [-0.3, -0.25) is 4.90 Å². The average molecular weight is 261 g/mol. The molecule has 1 saturated heterocycles. The molecule has 1 aliphatic rings. The first kappa shape index (κ1) is 14.4. The Hall–Kier alpha value is -1.06. The Kier molecular flexibility index (Phi) is 5.23. The molecule has 0 atom stereocenters. The molecule has 0 unspecified atom stereocenters. The molecule has 19 heavy (non-hydrogen) atoms. The first-order valence-corrected chi connectivity index (χ1v) is 7.46. The van der Waals surface area contributed by atoms with Gasteiger partial charge in [0.15, 0.2) is 0 Å². The van der Waals surface area contributed by atoms with Gasteiger partial charge in [-0.2, -0.15) is 0 Å². The molecule has 3 nitrogen and oxygen atoms in total. The number of likely N-dealkylation sites (tertiary alicyclic amines) is 1. The van der Waals surface area contributed by atoms with Gasteiger partial charge in [-0.15, -0.1) is 0 Å². The van der Waals surface area contributed by atoms with E-state index in [0.717, 1.165) is 18.8 Å². The highest BCUT2D eigenvalue weighted by Crippen LogP contribution is 2.13. The minimum Gasteiger partial charge on any atom is -0.399 e. The zero-order chi connectivity index (χ0) is 13.7. The molecule has 1 fully saturated rings. The number of nitrogen functional groups attached to an aromatic ring is 1. The molecule has 2 N–H and O–H groups in total. The molecule has 3 heteroatoms. The van der Waals surface area contributed by atoms with Gasteiger partial charge in [0.25, 0.3) is 0 Å². The summed E-state index contributed by atoms with van der Waals surface area (Å²) in [5, 5.41) is 0. The average Bonchev–Trinajstić information content (AvgIpc) is 2.87. The number of hydrogen-bond acceptors (Lipinski definition) is 3. The van der Waals surface area contributed by atoms with Crippen molar-refractivity contribution in [3.8, 4) is 0 Å². The van der Waals surface area contributed by atoms with Crippen molar-refractivity contribution in [2.24, 2.45) is 0 Å². The highest BCUT2D eigenvalue weighted by molar-refractivity contribution is 5.40. The number of nitrogens with zero attached hydrogens (tertiary/aromatic N) is 2. The minimum absolute atomic E-state index is 0.573. The quantitative estimate of drug-likeness (QED) is 0.799. The SMILES string of the molecule is CC(C)N(CCN1CCCC1)Cc1cccc(N)c1. The van der Waals surface area contributed by atoms with E-state index in [0.29, 0.717) is 6.04 Å². The Morgan fingerprint density at radius 3 is 2.63 bits per heavy atom. The fourth-order valence-corrected chi connectivity index (χ4v) is 2.72. The van der Waals surface area contributed by atoms with E-state index in [-0.39, 0.29) is 0 Å². The predicted octanol–water partition coefficient (Wildman–Crippen LogP) is 2.58. The third-order valence-electron chi connectivity index (χ3n) is 3.97. The predicted molar refractivity (Wildman–Crippen MR) is 82.1 cm³/mol. The third-order valence-corrected chi connectivity index (χ3v) is 3.97. The van der Waals surface area contributed by atoms with Crippen molar-refractivity contribution in [1.29, 1.82) is 0 Å². The highest BCUT2D eigenvalue weighted by atomic mass is 15.2. The summed E-state index contributed by atoms with van der Waals surface area (Å²) >= 11 is 0. The van der Waals surface area contributed by atoms with Crippen molar-refractivity contribution in [1.82, 2.24) is 9.80 Å². The lowest BCUT2D eigenvalue weighted by molar-refractivity contribution is 0.181. The van der Waals surface area contributed by atoms with Gasteiger partial charge in [-0.1, -0.05) is 12.1 Å². The van der Waals surface area contributed by atoms with Crippen molar-refractivity contribution >= 4 is 5.69 Å². The second-order valence-electron chi connectivity index (χ2n) is 5.86. The molecular formula is C16H27N3. The topological polar surface area (TPSA) is 32.5 Å². The molecule has 1 aromatic rings. The van der Waals surface area contributed by atoms with E-state index in [9.17, 15) is 0 Å². The largest absolute Gasteiger partial charge is 0.399 e. The number of anilines is 1. The summed E-state index contributed by atoms with van der Waals surface area (Å²) in [5.41, 5.74) is 8.03. The van der Waals surface area contributed by atoms with Gasteiger partial charge < -0.3 is 10.6 Å². The standard InChI is InChI=1S/C16H27N3/c1-14(2)19(11-10-18-8-3-4-9-18)13-15-6-5-7-16(17)12-15/h5-7,12,14H,3-4,8-11,13,17H2,1-2H3. The highest BCUT2D eigenvalue weighted by Gasteiger charge is 2.15. The van der Waals surface area contributed by atoms with Crippen LogP contribution in [0.3, 0.4) is 0 Å². The van der Waals surface area contributed by atoms with Gasteiger partial charge in [0.05, 0.1) is 0 Å². The van der Waals surface area contributed by atoms with Gasteiger partial charge >= 0.3 is 0 Å².